The van der Waals surface area contributed by atoms with Gasteiger partial charge in [-0.3, -0.25) is 107 Å². The number of hydrogen-bond acceptors (Lipinski definition) is 22. The molecule has 0 radical (unpaired) electrons. The molecule has 2 fully saturated rings. The van der Waals surface area contributed by atoms with Gasteiger partial charge in [-0.1, -0.05) is 60.7 Å². The summed E-state index contributed by atoms with van der Waals surface area (Å²) in [6.07, 6.45) is -1.93. The van der Waals surface area contributed by atoms with Gasteiger partial charge in [0.1, 0.15) is 48.3 Å². The maximum atomic E-state index is 14.2. The van der Waals surface area contributed by atoms with Gasteiger partial charge in [-0.25, -0.2) is 0 Å². The number of rotatable bonds is 42. The molecule has 0 aliphatic carbocycles. The largest absolute Gasteiger partial charge is 0.481 e. The third-order valence-electron chi connectivity index (χ3n) is 17.0. The zero-order chi connectivity index (χ0) is 82.0. The van der Waals surface area contributed by atoms with Gasteiger partial charge in [-0.05, 0) is 75.3 Å². The third-order valence-corrected chi connectivity index (χ3v) is 17.0. The van der Waals surface area contributed by atoms with Crippen molar-refractivity contribution in [2.75, 3.05) is 98.2 Å². The number of aliphatic carboxylic acids is 5. The van der Waals surface area contributed by atoms with E-state index >= 15 is 0 Å². The average Bonchev–Trinajstić information content (AvgIpc) is 1.40. The standard InChI is InChI=1S/C68H101N21O22.Sm/c69-67(70)75-23-11-19-42-59(104)77-33-50(90)79-48(31-54(94)95)65(110)85-46(29-40-13-3-1-4-14-40)63(108)83-44(61(106)81-42)17-7-9-21-73-52(92)35-88(38-57(100)101)27-25-87(37-56(98)99)26-28-89(39-58(102)103)36-53(93)74-22-10-8-18-45-62(107)82-43(20-12-24-76-68(71)72)60(105)78-34-51(91)80-49(32-55(96)97)66(111)86-47(64(109)84-45)30-41-15-5-2-6-16-41;/h1-6,13-16,42-49H,7-12,17-39H2,(H,73,92)(H,74,93)(H,77,104)(H,78,105)(H,79,90)(H,80,91)(H,81,106)(H,82,107)(H,83,108)(H,84,109)(H,85,110)(H,86,111)(H,94,95)(H,96,97)(H,98,99)(H,100,101)(H,102,103)(H4,69,70,75)(H4,71,72,76);/t42-,43-,44-,45-,46+,47+,48-,49-;/m0./s1/i;1+3. The van der Waals surface area contributed by atoms with Crippen molar-refractivity contribution in [3.05, 3.63) is 71.8 Å². The van der Waals surface area contributed by atoms with Crippen molar-refractivity contribution in [1.82, 2.24) is 89.1 Å². The van der Waals surface area contributed by atoms with E-state index in [1.165, 1.54) is 14.7 Å². The van der Waals surface area contributed by atoms with E-state index < -0.39 is 208 Å². The Bertz CT molecular complexity index is 3370. The van der Waals surface area contributed by atoms with E-state index in [0.717, 1.165) is 0 Å². The Labute approximate surface area is 675 Å². The molecule has 0 unspecified atom stereocenters. The van der Waals surface area contributed by atoms with E-state index in [1.54, 1.807) is 60.7 Å². The van der Waals surface area contributed by atoms with Gasteiger partial charge in [0.2, 0.25) is 70.9 Å². The number of carbonyl (C=O) groups is 17. The fourth-order valence-corrected chi connectivity index (χ4v) is 11.5. The first-order valence-electron chi connectivity index (χ1n) is 35.7. The second kappa shape index (κ2) is 51.6. The van der Waals surface area contributed by atoms with Crippen LogP contribution in [0.1, 0.15) is 88.2 Å². The number of carbonyl (C=O) groups excluding carboxylic acids is 12. The Morgan fingerprint density at radius 2 is 0.643 bits per heavy atom. The van der Waals surface area contributed by atoms with Crippen molar-refractivity contribution in [3.63, 3.8) is 0 Å². The number of amides is 12. The Balaban J connectivity index is 0.0000325. The number of hydrogen-bond donors (Lipinski definition) is 23. The quantitative estimate of drug-likeness (QED) is 0.0167. The van der Waals surface area contributed by atoms with Crippen LogP contribution in [0.5, 0.6) is 0 Å². The van der Waals surface area contributed by atoms with E-state index in [-0.39, 0.29) is 182 Å². The van der Waals surface area contributed by atoms with Crippen LogP contribution in [0, 0.1) is 51.2 Å². The van der Waals surface area contributed by atoms with Gasteiger partial charge >= 0.3 is 29.8 Å². The fourth-order valence-electron chi connectivity index (χ4n) is 11.5. The van der Waals surface area contributed by atoms with E-state index in [1.807, 2.05) is 0 Å². The fraction of sp³-hybridized carbons (Fsp3) is 0.544. The molecule has 2 heterocycles. The summed E-state index contributed by atoms with van der Waals surface area (Å²) in [5.74, 6) is -18.6. The number of carboxylic acid groups (broad SMARTS) is 5. The van der Waals surface area contributed by atoms with Crippen molar-refractivity contribution in [1.29, 1.82) is 10.8 Å². The van der Waals surface area contributed by atoms with E-state index in [0.29, 0.717) is 11.1 Å². The summed E-state index contributed by atoms with van der Waals surface area (Å²) in [6, 6.07) is 4.68. The Hall–Kier alpha value is -10.8. The minimum Gasteiger partial charge on any atom is -0.481 e. The van der Waals surface area contributed by atoms with Gasteiger partial charge in [0.05, 0.1) is 58.7 Å². The van der Waals surface area contributed by atoms with Gasteiger partial charge in [-0.2, -0.15) is 0 Å². The van der Waals surface area contributed by atoms with Crippen LogP contribution in [0.3, 0.4) is 0 Å². The molecule has 2 saturated heterocycles. The molecule has 12 amide bonds. The summed E-state index contributed by atoms with van der Waals surface area (Å²) in [5.41, 5.74) is 11.9. The Morgan fingerprint density at radius 3 is 0.973 bits per heavy atom. The Morgan fingerprint density at radius 1 is 0.357 bits per heavy atom. The zero-order valence-electron chi connectivity index (χ0n) is 61.5. The molecular weight excluding hydrogens is 1620 g/mol. The number of nitrogens with one attached hydrogen (secondary N) is 16. The minimum atomic E-state index is -1.72. The SMILES string of the molecule is N=C(N)NCCC[C@@H]1NC(=O)[C@H](CCCCNC(=O)CN(CCN(CCN(CC(=O)O)CC(=O)NCCCC[C@@H]2NC(=O)[C@@H](Cc3ccccc3)NC(=O)[C@H](CC(=O)O)NC(=O)CNC(=O)[C@H](CCCNC(=N)N)NC2=O)CC(=O)O)CC(=O)O)NC(=O)[C@@H](Cc2ccccc2)NC(=O)[C@H](CC(=O)O)NC(=O)CNC1=O.[153Sm]. The Kier molecular flexibility index (Phi) is 44.0. The van der Waals surface area contributed by atoms with Crippen LogP contribution in [-0.2, 0) is 94.3 Å². The first-order valence-corrected chi connectivity index (χ1v) is 35.7. The molecule has 0 saturated carbocycles. The van der Waals surface area contributed by atoms with Crippen LogP contribution in [0.4, 0.5) is 0 Å². The molecule has 2 aliphatic heterocycles. The molecule has 2 aromatic rings. The van der Waals surface area contributed by atoms with Crippen LogP contribution < -0.4 is 85.9 Å². The summed E-state index contributed by atoms with van der Waals surface area (Å²) in [6.45, 7) is -5.49. The number of carboxylic acids is 5. The summed E-state index contributed by atoms with van der Waals surface area (Å²) in [5, 5.41) is 98.8. The molecule has 0 spiro atoms. The minimum absolute atomic E-state index is 0. The van der Waals surface area contributed by atoms with Gasteiger partial charge in [0.15, 0.2) is 11.9 Å². The molecule has 2 aromatic carbocycles. The van der Waals surface area contributed by atoms with E-state index in [9.17, 15) is 107 Å². The number of guanidine groups is 2. The zero-order valence-corrected chi connectivity index (χ0v) is 64.1. The predicted octanol–water partition coefficient (Wildman–Crippen LogP) is -8.18. The van der Waals surface area contributed by atoms with Gasteiger partial charge in [0.25, 0.3) is 0 Å². The second-order valence-corrected chi connectivity index (χ2v) is 26.2. The summed E-state index contributed by atoms with van der Waals surface area (Å²) >= 11 is 0. The van der Waals surface area contributed by atoms with E-state index in [2.05, 4.69) is 74.4 Å². The summed E-state index contributed by atoms with van der Waals surface area (Å²) in [4.78, 5) is 228. The average molecular weight is 1720 g/mol. The van der Waals surface area contributed by atoms with Crippen LogP contribution in [0.15, 0.2) is 60.7 Å². The maximum Gasteiger partial charge on any atom is 0.317 e. The normalized spacial score (nSPS) is 19.6. The van der Waals surface area contributed by atoms with Crippen molar-refractivity contribution < 1.29 is 147 Å². The summed E-state index contributed by atoms with van der Waals surface area (Å²) < 4.78 is 0. The van der Waals surface area contributed by atoms with Crippen LogP contribution in [0.25, 0.3) is 0 Å². The van der Waals surface area contributed by atoms with Gasteiger partial charge in [0, 0.05) is 106 Å². The van der Waals surface area contributed by atoms with Crippen molar-refractivity contribution in [2.24, 2.45) is 11.5 Å². The number of nitrogens with zero attached hydrogens (tertiary/aromatic N) is 3. The topological polar surface area (TPSA) is 669 Å². The molecule has 43 nitrogen and oxygen atoms in total. The second-order valence-electron chi connectivity index (χ2n) is 26.2. The van der Waals surface area contributed by atoms with Crippen LogP contribution in [0.2, 0.25) is 0 Å². The van der Waals surface area contributed by atoms with Crippen molar-refractivity contribution in [2.45, 2.75) is 138 Å². The maximum absolute atomic E-state index is 14.2. The van der Waals surface area contributed by atoms with Crippen LogP contribution >= 0.6 is 0 Å². The predicted molar refractivity (Wildman–Crippen MR) is 391 cm³/mol. The first kappa shape index (κ1) is 95.4. The van der Waals surface area contributed by atoms with E-state index in [4.69, 9.17) is 22.3 Å². The monoisotopic (exact) mass is 1720 g/mol. The molecule has 112 heavy (non-hydrogen) atoms. The molecule has 616 valence electrons. The number of benzene rings is 2. The van der Waals surface area contributed by atoms with Crippen molar-refractivity contribution >= 4 is 113 Å². The summed E-state index contributed by atoms with van der Waals surface area (Å²) in [7, 11) is 0. The molecule has 25 N–H and O–H groups in total. The first-order chi connectivity index (χ1) is 52.7. The number of unbranched alkanes of at least 4 members (excludes halogenated alkanes) is 2. The van der Waals surface area contributed by atoms with Crippen LogP contribution in [-0.4, -0.2) is 299 Å². The smallest absolute Gasteiger partial charge is 0.317 e. The number of nitrogens with two attached hydrogens (primary N) is 2. The molecular formula is C68H101N21O22Sm. The molecule has 2 aliphatic rings. The molecule has 0 aromatic heterocycles. The van der Waals surface area contributed by atoms with Crippen molar-refractivity contribution in [3.8, 4) is 0 Å². The molecule has 0 bridgehead atoms. The molecule has 8 atom stereocenters. The molecule has 44 heteroatoms. The third kappa shape index (κ3) is 39.7. The van der Waals surface area contributed by atoms with Gasteiger partial charge in [-0.15, -0.1) is 0 Å². The van der Waals surface area contributed by atoms with Gasteiger partial charge < -0.3 is 111 Å². The molecule has 4 rings (SSSR count).